The third-order valence-electron chi connectivity index (χ3n) is 4.91. The minimum absolute atomic E-state index is 0.253. The Kier molecular flexibility index (Phi) is 5.23. The second kappa shape index (κ2) is 6.53. The summed E-state index contributed by atoms with van der Waals surface area (Å²) in [5.74, 6) is 0.865. The van der Waals surface area contributed by atoms with Gasteiger partial charge in [0.1, 0.15) is 0 Å². The van der Waals surface area contributed by atoms with Gasteiger partial charge in [-0.25, -0.2) is 0 Å². The van der Waals surface area contributed by atoms with Crippen molar-refractivity contribution in [1.29, 1.82) is 0 Å². The lowest BCUT2D eigenvalue weighted by molar-refractivity contribution is -0.108. The van der Waals surface area contributed by atoms with Gasteiger partial charge in [-0.3, -0.25) is 4.90 Å². The van der Waals surface area contributed by atoms with Crippen LogP contribution in [0.3, 0.4) is 0 Å². The largest absolute Gasteiger partial charge is 0.378 e. The summed E-state index contributed by atoms with van der Waals surface area (Å²) >= 11 is 0. The normalized spacial score (nSPS) is 33.6. The highest BCUT2D eigenvalue weighted by molar-refractivity contribution is 5.05. The maximum atomic E-state index is 6.07. The molecular formula is C15H31N3O. The first kappa shape index (κ1) is 15.2. The van der Waals surface area contributed by atoms with Gasteiger partial charge in [0, 0.05) is 25.2 Å². The van der Waals surface area contributed by atoms with Crippen molar-refractivity contribution in [1.82, 2.24) is 9.80 Å². The van der Waals surface area contributed by atoms with Crippen LogP contribution in [0.1, 0.15) is 32.6 Å². The standard InChI is InChI=1S/C15H31N3O/c1-4-19-14-9-15(10-14,12-16)18-7-5-13(6-8-18)11-17(2)3/h13-14H,4-12,16H2,1-3H3. The molecule has 0 aromatic carbocycles. The van der Waals surface area contributed by atoms with E-state index >= 15 is 0 Å². The van der Waals surface area contributed by atoms with E-state index in [9.17, 15) is 0 Å². The van der Waals surface area contributed by atoms with Crippen LogP contribution in [0.2, 0.25) is 0 Å². The molecule has 112 valence electrons. The number of nitrogens with zero attached hydrogens (tertiary/aromatic N) is 2. The number of hydrogen-bond donors (Lipinski definition) is 1. The van der Waals surface area contributed by atoms with Gasteiger partial charge < -0.3 is 15.4 Å². The van der Waals surface area contributed by atoms with Gasteiger partial charge in [-0.15, -0.1) is 0 Å². The zero-order valence-corrected chi connectivity index (χ0v) is 12.9. The summed E-state index contributed by atoms with van der Waals surface area (Å²) in [6.45, 7) is 7.36. The van der Waals surface area contributed by atoms with Crippen molar-refractivity contribution in [3.05, 3.63) is 0 Å². The first-order valence-electron chi connectivity index (χ1n) is 7.81. The topological polar surface area (TPSA) is 41.7 Å². The predicted octanol–water partition coefficient (Wildman–Crippen LogP) is 1.16. The first-order chi connectivity index (χ1) is 9.09. The zero-order valence-electron chi connectivity index (χ0n) is 12.9. The fraction of sp³-hybridized carbons (Fsp3) is 1.00. The van der Waals surface area contributed by atoms with Crippen molar-refractivity contribution >= 4 is 0 Å². The summed E-state index contributed by atoms with van der Waals surface area (Å²) in [5.41, 5.74) is 6.32. The second-order valence-corrected chi connectivity index (χ2v) is 6.61. The summed E-state index contributed by atoms with van der Waals surface area (Å²) in [6.07, 6.45) is 5.36. The molecule has 1 aliphatic heterocycles. The molecule has 0 radical (unpaired) electrons. The highest BCUT2D eigenvalue weighted by atomic mass is 16.5. The van der Waals surface area contributed by atoms with E-state index in [1.54, 1.807) is 0 Å². The molecule has 1 saturated heterocycles. The number of ether oxygens (including phenoxy) is 1. The van der Waals surface area contributed by atoms with Crippen molar-refractivity contribution in [3.8, 4) is 0 Å². The van der Waals surface area contributed by atoms with Gasteiger partial charge in [0.05, 0.1) is 6.10 Å². The van der Waals surface area contributed by atoms with Crippen molar-refractivity contribution in [2.45, 2.75) is 44.2 Å². The minimum atomic E-state index is 0.253. The molecule has 0 atom stereocenters. The summed E-state index contributed by atoms with van der Waals surface area (Å²) in [6, 6.07) is 0. The van der Waals surface area contributed by atoms with E-state index in [1.165, 1.54) is 32.5 Å². The number of rotatable bonds is 6. The predicted molar refractivity (Wildman–Crippen MR) is 79.3 cm³/mol. The molecule has 4 nitrogen and oxygen atoms in total. The Morgan fingerprint density at radius 2 is 1.89 bits per heavy atom. The third kappa shape index (κ3) is 3.48. The van der Waals surface area contributed by atoms with Gasteiger partial charge in [-0.05, 0) is 65.7 Å². The molecule has 2 fully saturated rings. The molecule has 19 heavy (non-hydrogen) atoms. The van der Waals surface area contributed by atoms with Crippen LogP contribution < -0.4 is 5.73 Å². The van der Waals surface area contributed by atoms with Crippen LogP contribution in [0.15, 0.2) is 0 Å². The molecule has 1 saturated carbocycles. The van der Waals surface area contributed by atoms with Crippen LogP contribution in [0.25, 0.3) is 0 Å². The van der Waals surface area contributed by atoms with Crippen molar-refractivity contribution in [2.24, 2.45) is 11.7 Å². The van der Waals surface area contributed by atoms with Crippen LogP contribution >= 0.6 is 0 Å². The zero-order chi connectivity index (χ0) is 13.9. The maximum absolute atomic E-state index is 6.07. The summed E-state index contributed by atoms with van der Waals surface area (Å²) < 4.78 is 5.71. The van der Waals surface area contributed by atoms with Crippen LogP contribution in [-0.2, 0) is 4.74 Å². The molecule has 0 spiro atoms. The summed E-state index contributed by atoms with van der Waals surface area (Å²) in [7, 11) is 4.35. The maximum Gasteiger partial charge on any atom is 0.0611 e. The number of hydrogen-bond acceptors (Lipinski definition) is 4. The Morgan fingerprint density at radius 1 is 1.26 bits per heavy atom. The lowest BCUT2D eigenvalue weighted by Gasteiger charge is -2.55. The Labute approximate surface area is 118 Å². The fourth-order valence-electron chi connectivity index (χ4n) is 3.80. The SMILES string of the molecule is CCOC1CC(CN)(N2CCC(CN(C)C)CC2)C1. The molecule has 2 rings (SSSR count). The molecule has 2 N–H and O–H groups in total. The van der Waals surface area contributed by atoms with Gasteiger partial charge in [0.15, 0.2) is 0 Å². The van der Waals surface area contributed by atoms with Crippen LogP contribution in [0, 0.1) is 5.92 Å². The van der Waals surface area contributed by atoms with Crippen LogP contribution in [-0.4, -0.2) is 68.3 Å². The van der Waals surface area contributed by atoms with Gasteiger partial charge in [-0.1, -0.05) is 0 Å². The minimum Gasteiger partial charge on any atom is -0.378 e. The monoisotopic (exact) mass is 269 g/mol. The Morgan fingerprint density at radius 3 is 2.37 bits per heavy atom. The first-order valence-corrected chi connectivity index (χ1v) is 7.81. The van der Waals surface area contributed by atoms with E-state index in [-0.39, 0.29) is 5.54 Å². The highest BCUT2D eigenvalue weighted by Gasteiger charge is 2.48. The highest BCUT2D eigenvalue weighted by Crippen LogP contribution is 2.40. The van der Waals surface area contributed by atoms with E-state index in [0.717, 1.165) is 31.9 Å². The number of likely N-dealkylation sites (tertiary alicyclic amines) is 1. The molecule has 2 aliphatic rings. The van der Waals surface area contributed by atoms with Crippen molar-refractivity contribution in [2.75, 3.05) is 46.9 Å². The quantitative estimate of drug-likeness (QED) is 0.785. The van der Waals surface area contributed by atoms with Crippen LogP contribution in [0.5, 0.6) is 0 Å². The molecule has 1 aliphatic carbocycles. The number of nitrogens with two attached hydrogens (primary N) is 1. The lowest BCUT2D eigenvalue weighted by Crippen LogP contribution is -2.65. The molecule has 0 bridgehead atoms. The van der Waals surface area contributed by atoms with Crippen LogP contribution in [0.4, 0.5) is 0 Å². The van der Waals surface area contributed by atoms with E-state index < -0.39 is 0 Å². The summed E-state index contributed by atoms with van der Waals surface area (Å²) in [4.78, 5) is 4.96. The third-order valence-corrected chi connectivity index (χ3v) is 4.91. The Hall–Kier alpha value is -0.160. The van der Waals surface area contributed by atoms with Crippen molar-refractivity contribution in [3.63, 3.8) is 0 Å². The van der Waals surface area contributed by atoms with Gasteiger partial charge >= 0.3 is 0 Å². The molecule has 0 amide bonds. The van der Waals surface area contributed by atoms with Crippen molar-refractivity contribution < 1.29 is 4.74 Å². The molecular weight excluding hydrogens is 238 g/mol. The number of piperidine rings is 1. The van der Waals surface area contributed by atoms with Gasteiger partial charge in [0.2, 0.25) is 0 Å². The van der Waals surface area contributed by atoms with Gasteiger partial charge in [-0.2, -0.15) is 0 Å². The molecule has 1 heterocycles. The van der Waals surface area contributed by atoms with E-state index in [2.05, 4.69) is 30.8 Å². The Balaban J connectivity index is 1.80. The smallest absolute Gasteiger partial charge is 0.0611 e. The lowest BCUT2D eigenvalue weighted by atomic mass is 9.71. The average Bonchev–Trinajstić information content (AvgIpc) is 2.34. The van der Waals surface area contributed by atoms with E-state index in [0.29, 0.717) is 6.10 Å². The molecule has 0 unspecified atom stereocenters. The fourth-order valence-corrected chi connectivity index (χ4v) is 3.80. The molecule has 0 aromatic heterocycles. The summed E-state index contributed by atoms with van der Waals surface area (Å²) in [5, 5.41) is 0. The van der Waals surface area contributed by atoms with Gasteiger partial charge in [0.25, 0.3) is 0 Å². The molecule has 0 aromatic rings. The van der Waals surface area contributed by atoms with E-state index in [1.807, 2.05) is 0 Å². The average molecular weight is 269 g/mol. The Bertz CT molecular complexity index is 269. The second-order valence-electron chi connectivity index (χ2n) is 6.61. The van der Waals surface area contributed by atoms with E-state index in [4.69, 9.17) is 10.5 Å². The molecule has 4 heteroatoms.